The third-order valence-corrected chi connectivity index (χ3v) is 2.21. The number of rotatable bonds is 3. The molecule has 0 spiro atoms. The summed E-state index contributed by atoms with van der Waals surface area (Å²) >= 11 is 0. The van der Waals surface area contributed by atoms with Crippen molar-refractivity contribution in [3.05, 3.63) is 59.4 Å². The third kappa shape index (κ3) is 2.69. The lowest BCUT2D eigenvalue weighted by Crippen LogP contribution is -2.06. The lowest BCUT2D eigenvalue weighted by Gasteiger charge is -2.01. The van der Waals surface area contributed by atoms with Crippen LogP contribution >= 0.6 is 0 Å². The molecule has 0 aliphatic heterocycles. The molecule has 86 valence electrons. The molecule has 0 aliphatic rings. The van der Waals surface area contributed by atoms with Crippen molar-refractivity contribution in [1.29, 1.82) is 0 Å². The molecule has 2 rings (SSSR count). The van der Waals surface area contributed by atoms with Gasteiger partial charge in [0.05, 0.1) is 12.1 Å². The van der Waals surface area contributed by atoms with Gasteiger partial charge in [0.1, 0.15) is 0 Å². The number of aromatic nitrogens is 2. The van der Waals surface area contributed by atoms with Gasteiger partial charge in [-0.3, -0.25) is 4.79 Å². The summed E-state index contributed by atoms with van der Waals surface area (Å²) in [5.41, 5.74) is 0.608. The highest BCUT2D eigenvalue weighted by Gasteiger charge is 2.11. The number of nitrogens with zero attached hydrogens (tertiary/aromatic N) is 2. The number of hydrogen-bond acceptors (Lipinski definition) is 3. The largest absolute Gasteiger partial charge is 0.294 e. The molecule has 0 bridgehead atoms. The maximum absolute atomic E-state index is 12.9. The summed E-state index contributed by atoms with van der Waals surface area (Å²) in [6, 6.07) is 6.36. The molecule has 1 heterocycles. The van der Waals surface area contributed by atoms with Crippen molar-refractivity contribution in [2.24, 2.45) is 0 Å². The Kier molecular flexibility index (Phi) is 3.18. The molecule has 0 aliphatic carbocycles. The number of benzene rings is 1. The molecule has 0 saturated carbocycles. The third-order valence-electron chi connectivity index (χ3n) is 2.21. The van der Waals surface area contributed by atoms with Gasteiger partial charge < -0.3 is 0 Å². The molecule has 0 fully saturated rings. The quantitative estimate of drug-likeness (QED) is 0.764. The van der Waals surface area contributed by atoms with Gasteiger partial charge in [0.2, 0.25) is 0 Å². The highest BCUT2D eigenvalue weighted by molar-refractivity contribution is 5.97. The van der Waals surface area contributed by atoms with Crippen LogP contribution in [-0.4, -0.2) is 16.0 Å². The molecule has 17 heavy (non-hydrogen) atoms. The number of carbonyl (C=O) groups excluding carboxylic acids is 1. The van der Waals surface area contributed by atoms with E-state index >= 15 is 0 Å². The summed E-state index contributed by atoms with van der Waals surface area (Å²) in [7, 11) is 0. The molecule has 5 heteroatoms. The second-order valence-corrected chi connectivity index (χ2v) is 3.44. The average molecular weight is 234 g/mol. The van der Waals surface area contributed by atoms with E-state index in [0.29, 0.717) is 5.69 Å². The SMILES string of the molecule is O=C(Cc1cccnn1)c1ccc(F)c(F)c1. The predicted molar refractivity (Wildman–Crippen MR) is 56.4 cm³/mol. The highest BCUT2D eigenvalue weighted by atomic mass is 19.2. The van der Waals surface area contributed by atoms with Gasteiger partial charge in [-0.15, -0.1) is 0 Å². The van der Waals surface area contributed by atoms with Crippen molar-refractivity contribution in [2.45, 2.75) is 6.42 Å². The van der Waals surface area contributed by atoms with Crippen LogP contribution in [0.5, 0.6) is 0 Å². The summed E-state index contributed by atoms with van der Waals surface area (Å²) in [6.45, 7) is 0. The van der Waals surface area contributed by atoms with Crippen LogP contribution in [0.1, 0.15) is 16.1 Å². The van der Waals surface area contributed by atoms with E-state index in [1.165, 1.54) is 12.3 Å². The van der Waals surface area contributed by atoms with E-state index in [1.807, 2.05) is 0 Å². The van der Waals surface area contributed by atoms with Crippen molar-refractivity contribution in [3.63, 3.8) is 0 Å². The number of Topliss-reactive ketones (excluding diaryl/α,β-unsaturated/α-hetero) is 1. The molecule has 0 N–H and O–H groups in total. The topological polar surface area (TPSA) is 42.9 Å². The lowest BCUT2D eigenvalue weighted by atomic mass is 10.1. The Bertz CT molecular complexity index is 543. The monoisotopic (exact) mass is 234 g/mol. The Morgan fingerprint density at radius 1 is 1.18 bits per heavy atom. The molecule has 2 aromatic rings. The minimum absolute atomic E-state index is 0.0128. The summed E-state index contributed by atoms with van der Waals surface area (Å²) < 4.78 is 25.6. The highest BCUT2D eigenvalue weighted by Crippen LogP contribution is 2.11. The van der Waals surface area contributed by atoms with Gasteiger partial charge in [-0.2, -0.15) is 10.2 Å². The number of carbonyl (C=O) groups is 1. The molecule has 1 aromatic heterocycles. The van der Waals surface area contributed by atoms with Gasteiger partial charge in [0.15, 0.2) is 17.4 Å². The molecular formula is C12H8F2N2O. The zero-order chi connectivity index (χ0) is 12.3. The standard InChI is InChI=1S/C12H8F2N2O/c13-10-4-3-8(6-11(10)14)12(17)7-9-2-1-5-15-16-9/h1-6H,7H2. The van der Waals surface area contributed by atoms with E-state index in [2.05, 4.69) is 10.2 Å². The Morgan fingerprint density at radius 3 is 2.65 bits per heavy atom. The Balaban J connectivity index is 2.18. The summed E-state index contributed by atoms with van der Waals surface area (Å²) in [5, 5.41) is 7.37. The van der Waals surface area contributed by atoms with Gasteiger partial charge in [0, 0.05) is 11.8 Å². The van der Waals surface area contributed by atoms with Crippen molar-refractivity contribution in [3.8, 4) is 0 Å². The fraction of sp³-hybridized carbons (Fsp3) is 0.0833. The number of ketones is 1. The maximum atomic E-state index is 12.9. The fourth-order valence-electron chi connectivity index (χ4n) is 1.36. The fourth-order valence-corrected chi connectivity index (χ4v) is 1.36. The first-order chi connectivity index (χ1) is 8.16. The van der Waals surface area contributed by atoms with Crippen molar-refractivity contribution >= 4 is 5.78 Å². The molecule has 0 unspecified atom stereocenters. The van der Waals surface area contributed by atoms with Crippen LogP contribution in [0.25, 0.3) is 0 Å². The van der Waals surface area contributed by atoms with Crippen LogP contribution in [0.3, 0.4) is 0 Å². The Hall–Kier alpha value is -2.17. The first-order valence-electron chi connectivity index (χ1n) is 4.91. The van der Waals surface area contributed by atoms with Gasteiger partial charge in [0.25, 0.3) is 0 Å². The molecule has 1 aromatic carbocycles. The van der Waals surface area contributed by atoms with Crippen LogP contribution in [0.2, 0.25) is 0 Å². The number of hydrogen-bond donors (Lipinski definition) is 0. The summed E-state index contributed by atoms with van der Waals surface area (Å²) in [4.78, 5) is 11.7. The Labute approximate surface area is 96.1 Å². The van der Waals surface area contributed by atoms with Gasteiger partial charge in [-0.05, 0) is 30.3 Å². The second kappa shape index (κ2) is 4.78. The van der Waals surface area contributed by atoms with Crippen LogP contribution in [0.4, 0.5) is 8.78 Å². The Morgan fingerprint density at radius 2 is 2.00 bits per heavy atom. The van der Waals surface area contributed by atoms with Gasteiger partial charge >= 0.3 is 0 Å². The average Bonchev–Trinajstić information content (AvgIpc) is 2.34. The van der Waals surface area contributed by atoms with Crippen LogP contribution in [0, 0.1) is 11.6 Å². The molecule has 3 nitrogen and oxygen atoms in total. The van der Waals surface area contributed by atoms with Gasteiger partial charge in [-0.25, -0.2) is 8.78 Å². The first-order valence-corrected chi connectivity index (χ1v) is 4.91. The van der Waals surface area contributed by atoms with Crippen LogP contribution in [0.15, 0.2) is 36.5 Å². The van der Waals surface area contributed by atoms with E-state index in [-0.39, 0.29) is 17.8 Å². The van der Waals surface area contributed by atoms with Crippen molar-refractivity contribution < 1.29 is 13.6 Å². The van der Waals surface area contributed by atoms with Gasteiger partial charge in [-0.1, -0.05) is 0 Å². The summed E-state index contributed by atoms with van der Waals surface area (Å²) in [5.74, 6) is -2.33. The molecule has 0 amide bonds. The first kappa shape index (κ1) is 11.3. The number of halogens is 2. The molecule has 0 radical (unpaired) electrons. The predicted octanol–water partition coefficient (Wildman–Crippen LogP) is 2.18. The van der Waals surface area contributed by atoms with E-state index in [1.54, 1.807) is 12.1 Å². The van der Waals surface area contributed by atoms with E-state index in [0.717, 1.165) is 12.1 Å². The van der Waals surface area contributed by atoms with Crippen molar-refractivity contribution in [2.75, 3.05) is 0 Å². The van der Waals surface area contributed by atoms with E-state index in [4.69, 9.17) is 0 Å². The smallest absolute Gasteiger partial charge is 0.168 e. The maximum Gasteiger partial charge on any atom is 0.168 e. The van der Waals surface area contributed by atoms with E-state index < -0.39 is 11.6 Å². The lowest BCUT2D eigenvalue weighted by molar-refractivity contribution is 0.0991. The molecule has 0 atom stereocenters. The van der Waals surface area contributed by atoms with Crippen LogP contribution < -0.4 is 0 Å². The van der Waals surface area contributed by atoms with Crippen molar-refractivity contribution in [1.82, 2.24) is 10.2 Å². The zero-order valence-electron chi connectivity index (χ0n) is 8.73. The van der Waals surface area contributed by atoms with Crippen LogP contribution in [-0.2, 0) is 6.42 Å². The molecular weight excluding hydrogens is 226 g/mol. The summed E-state index contributed by atoms with van der Waals surface area (Å²) in [6.07, 6.45) is 1.50. The normalized spacial score (nSPS) is 10.2. The second-order valence-electron chi connectivity index (χ2n) is 3.44. The zero-order valence-corrected chi connectivity index (χ0v) is 8.73. The minimum Gasteiger partial charge on any atom is -0.294 e. The van der Waals surface area contributed by atoms with E-state index in [9.17, 15) is 13.6 Å². The minimum atomic E-state index is -1.03. The molecule has 0 saturated heterocycles.